The highest BCUT2D eigenvalue weighted by molar-refractivity contribution is 7.20. The van der Waals surface area contributed by atoms with E-state index in [2.05, 4.69) is 20.6 Å². The van der Waals surface area contributed by atoms with E-state index in [4.69, 9.17) is 11.6 Å². The number of amides is 1. The van der Waals surface area contributed by atoms with Gasteiger partial charge in [0.15, 0.2) is 5.82 Å². The third kappa shape index (κ3) is 3.23. The minimum absolute atomic E-state index is 0.171. The molecule has 4 rings (SSSR count). The second kappa shape index (κ2) is 6.59. The number of nitrogens with one attached hydrogen (secondary N) is 2. The van der Waals surface area contributed by atoms with Gasteiger partial charge in [-0.1, -0.05) is 23.7 Å². The van der Waals surface area contributed by atoms with Crippen LogP contribution >= 0.6 is 22.9 Å². The summed E-state index contributed by atoms with van der Waals surface area (Å²) in [6, 6.07) is 11.4. The van der Waals surface area contributed by atoms with Gasteiger partial charge in [0.1, 0.15) is 4.83 Å². The molecule has 26 heavy (non-hydrogen) atoms. The molecule has 0 fully saturated rings. The first-order chi connectivity index (χ1) is 12.5. The van der Waals surface area contributed by atoms with E-state index in [0.717, 1.165) is 27.2 Å². The van der Waals surface area contributed by atoms with E-state index < -0.39 is 0 Å². The van der Waals surface area contributed by atoms with Crippen LogP contribution in [0.15, 0.2) is 36.4 Å². The zero-order valence-corrected chi connectivity index (χ0v) is 15.8. The number of hydrogen-bond donors (Lipinski definition) is 2. The molecule has 3 heterocycles. The Bertz CT molecular complexity index is 1090. The first-order valence-electron chi connectivity index (χ1n) is 8.04. The molecule has 132 valence electrons. The number of nitrogens with zero attached hydrogens (tertiary/aromatic N) is 3. The van der Waals surface area contributed by atoms with Gasteiger partial charge >= 0.3 is 0 Å². The Kier molecular flexibility index (Phi) is 4.26. The number of rotatable bonds is 4. The van der Waals surface area contributed by atoms with Crippen LogP contribution < -0.4 is 5.32 Å². The number of H-pyrrole nitrogens is 1. The number of hydrogen-bond acceptors (Lipinski definition) is 4. The number of benzene rings is 1. The van der Waals surface area contributed by atoms with E-state index in [1.807, 2.05) is 48.9 Å². The molecule has 8 heteroatoms. The summed E-state index contributed by atoms with van der Waals surface area (Å²) in [4.78, 5) is 14.1. The maximum absolute atomic E-state index is 12.5. The van der Waals surface area contributed by atoms with Crippen molar-refractivity contribution in [2.45, 2.75) is 20.4 Å². The fourth-order valence-electron chi connectivity index (χ4n) is 2.75. The zero-order valence-electron chi connectivity index (χ0n) is 14.2. The normalized spacial score (nSPS) is 11.2. The monoisotopic (exact) mass is 385 g/mol. The molecule has 0 spiro atoms. The average Bonchev–Trinajstić information content (AvgIpc) is 3.28. The number of aromatic amines is 1. The first kappa shape index (κ1) is 16.8. The van der Waals surface area contributed by atoms with Gasteiger partial charge < -0.3 is 5.32 Å². The summed E-state index contributed by atoms with van der Waals surface area (Å²) >= 11 is 7.37. The van der Waals surface area contributed by atoms with Crippen LogP contribution in [0.5, 0.6) is 0 Å². The Morgan fingerprint density at radius 3 is 2.73 bits per heavy atom. The second-order valence-corrected chi connectivity index (χ2v) is 7.56. The molecular weight excluding hydrogens is 370 g/mol. The molecule has 3 aromatic heterocycles. The van der Waals surface area contributed by atoms with Gasteiger partial charge in [0, 0.05) is 22.2 Å². The molecule has 0 aliphatic heterocycles. The van der Waals surface area contributed by atoms with E-state index in [-0.39, 0.29) is 5.91 Å². The third-order valence-electron chi connectivity index (χ3n) is 4.02. The number of anilines is 1. The maximum atomic E-state index is 12.5. The lowest BCUT2D eigenvalue weighted by molar-refractivity contribution is 0.103. The van der Waals surface area contributed by atoms with Crippen molar-refractivity contribution in [1.82, 2.24) is 20.0 Å². The first-order valence-corrected chi connectivity index (χ1v) is 9.24. The molecule has 4 aromatic rings. The highest BCUT2D eigenvalue weighted by Gasteiger charge is 2.17. The van der Waals surface area contributed by atoms with E-state index >= 15 is 0 Å². The molecule has 2 N–H and O–H groups in total. The van der Waals surface area contributed by atoms with Crippen molar-refractivity contribution < 1.29 is 4.79 Å². The highest BCUT2D eigenvalue weighted by atomic mass is 35.5. The van der Waals surface area contributed by atoms with E-state index in [9.17, 15) is 4.79 Å². The number of thiophene rings is 1. The average molecular weight is 386 g/mol. The topological polar surface area (TPSA) is 75.6 Å². The van der Waals surface area contributed by atoms with Crippen molar-refractivity contribution in [3.05, 3.63) is 63.2 Å². The molecule has 1 aromatic carbocycles. The summed E-state index contributed by atoms with van der Waals surface area (Å²) in [7, 11) is 0. The lowest BCUT2D eigenvalue weighted by Crippen LogP contribution is -2.10. The fraction of sp³-hybridized carbons (Fsp3) is 0.167. The number of aryl methyl sites for hydroxylation is 2. The van der Waals surface area contributed by atoms with Crippen LogP contribution in [0.2, 0.25) is 5.02 Å². The van der Waals surface area contributed by atoms with Gasteiger partial charge in [0.05, 0.1) is 17.1 Å². The largest absolute Gasteiger partial charge is 0.304 e. The van der Waals surface area contributed by atoms with Gasteiger partial charge in [-0.05, 0) is 37.6 Å². The SMILES string of the molecule is Cc1cc(NC(=O)c2cc3c(C)nn(Cc4ccc(Cl)cc4)c3s2)n[nH]1. The summed E-state index contributed by atoms with van der Waals surface area (Å²) < 4.78 is 1.92. The Hall–Kier alpha value is -2.64. The van der Waals surface area contributed by atoms with Gasteiger partial charge in [0.2, 0.25) is 0 Å². The molecule has 0 aliphatic rings. The summed E-state index contributed by atoms with van der Waals surface area (Å²) in [5, 5.41) is 16.0. The van der Waals surface area contributed by atoms with Gasteiger partial charge in [0.25, 0.3) is 5.91 Å². The van der Waals surface area contributed by atoms with Crippen molar-refractivity contribution in [2.75, 3.05) is 5.32 Å². The number of carbonyl (C=O) groups excluding carboxylic acids is 1. The maximum Gasteiger partial charge on any atom is 0.267 e. The van der Waals surface area contributed by atoms with Gasteiger partial charge in [-0.3, -0.25) is 14.6 Å². The predicted octanol–water partition coefficient (Wildman–Crippen LogP) is 4.39. The lowest BCUT2D eigenvalue weighted by Gasteiger charge is -2.03. The van der Waals surface area contributed by atoms with Gasteiger partial charge in [-0.25, -0.2) is 0 Å². The quantitative estimate of drug-likeness (QED) is 0.547. The van der Waals surface area contributed by atoms with E-state index in [0.29, 0.717) is 22.3 Å². The van der Waals surface area contributed by atoms with Crippen LogP contribution in [0, 0.1) is 13.8 Å². The zero-order chi connectivity index (χ0) is 18.3. The molecule has 0 saturated heterocycles. The Balaban J connectivity index is 1.62. The fourth-order valence-corrected chi connectivity index (χ4v) is 3.94. The van der Waals surface area contributed by atoms with Crippen molar-refractivity contribution >= 4 is 44.9 Å². The number of halogens is 1. The summed E-state index contributed by atoms with van der Waals surface area (Å²) in [6.07, 6.45) is 0. The van der Waals surface area contributed by atoms with E-state index in [1.54, 1.807) is 6.07 Å². The van der Waals surface area contributed by atoms with Crippen molar-refractivity contribution in [3.8, 4) is 0 Å². The summed E-state index contributed by atoms with van der Waals surface area (Å²) in [6.45, 7) is 4.46. The molecular formula is C18H16ClN5OS. The Morgan fingerprint density at radius 1 is 1.27 bits per heavy atom. The molecule has 0 bridgehead atoms. The minimum Gasteiger partial charge on any atom is -0.304 e. The lowest BCUT2D eigenvalue weighted by atomic mass is 10.2. The van der Waals surface area contributed by atoms with Crippen LogP contribution in [0.25, 0.3) is 10.2 Å². The molecule has 0 saturated carbocycles. The summed E-state index contributed by atoms with van der Waals surface area (Å²) in [5.41, 5.74) is 2.90. The Labute approximate surface area is 158 Å². The van der Waals surface area contributed by atoms with Gasteiger partial charge in [-0.15, -0.1) is 11.3 Å². The van der Waals surface area contributed by atoms with Crippen molar-refractivity contribution in [3.63, 3.8) is 0 Å². The molecule has 0 aliphatic carbocycles. The van der Waals surface area contributed by atoms with Crippen LogP contribution in [-0.4, -0.2) is 25.9 Å². The molecule has 1 amide bonds. The Morgan fingerprint density at radius 2 is 2.04 bits per heavy atom. The van der Waals surface area contributed by atoms with E-state index in [1.165, 1.54) is 11.3 Å². The van der Waals surface area contributed by atoms with Crippen LogP contribution in [0.3, 0.4) is 0 Å². The predicted molar refractivity (Wildman–Crippen MR) is 104 cm³/mol. The smallest absolute Gasteiger partial charge is 0.267 e. The molecule has 0 radical (unpaired) electrons. The van der Waals surface area contributed by atoms with Crippen LogP contribution in [0.4, 0.5) is 5.82 Å². The molecule has 0 atom stereocenters. The number of carbonyl (C=O) groups is 1. The number of aromatic nitrogens is 4. The number of fused-ring (bicyclic) bond motifs is 1. The highest BCUT2D eigenvalue weighted by Crippen LogP contribution is 2.29. The standard InChI is InChI=1S/C18H16ClN5OS/c1-10-7-16(22-21-10)20-17(25)15-8-14-11(2)23-24(18(14)26-15)9-12-3-5-13(19)6-4-12/h3-8H,9H2,1-2H3,(H2,20,21,22,25). The second-order valence-electron chi connectivity index (χ2n) is 6.09. The summed E-state index contributed by atoms with van der Waals surface area (Å²) in [5.74, 6) is 0.347. The van der Waals surface area contributed by atoms with Crippen molar-refractivity contribution in [1.29, 1.82) is 0 Å². The molecule has 0 unspecified atom stereocenters. The minimum atomic E-state index is -0.171. The van der Waals surface area contributed by atoms with Crippen LogP contribution in [0.1, 0.15) is 26.6 Å². The van der Waals surface area contributed by atoms with Gasteiger partial charge in [-0.2, -0.15) is 10.2 Å². The molecule has 6 nitrogen and oxygen atoms in total. The van der Waals surface area contributed by atoms with Crippen molar-refractivity contribution in [2.24, 2.45) is 0 Å². The van der Waals surface area contributed by atoms with Crippen LogP contribution in [-0.2, 0) is 6.54 Å². The third-order valence-corrected chi connectivity index (χ3v) is 5.42.